The molecule has 2 aromatic heterocycles. The zero-order valence-electron chi connectivity index (χ0n) is 28.9. The van der Waals surface area contributed by atoms with Gasteiger partial charge in [-0.1, -0.05) is 6.92 Å². The molecule has 296 valence electrons. The number of aliphatic carboxylic acids is 1. The molecule has 0 fully saturated rings. The van der Waals surface area contributed by atoms with Crippen LogP contribution in [0.5, 0.6) is 5.75 Å². The van der Waals surface area contributed by atoms with Gasteiger partial charge in [0.1, 0.15) is 23.8 Å². The number of carbonyl (C=O) groups excluding carboxylic acids is 1. The number of nitrogens with two attached hydrogens (primary N) is 1. The number of carbonyl (C=O) groups is 2. The minimum Gasteiger partial charge on any atom is -0.488 e. The number of unbranched alkanes of at least 4 members (excludes halogenated alkanes) is 2. The zero-order chi connectivity index (χ0) is 40.1. The van der Waals surface area contributed by atoms with E-state index >= 15 is 0 Å². The molecule has 0 saturated heterocycles. The topological polar surface area (TPSA) is 150 Å². The number of methoxy groups -OCH3 is 1. The van der Waals surface area contributed by atoms with E-state index in [2.05, 4.69) is 15.0 Å². The Morgan fingerprint density at radius 1 is 0.926 bits per heavy atom. The van der Waals surface area contributed by atoms with E-state index in [0.29, 0.717) is 31.0 Å². The molecule has 0 unspecified atom stereocenters. The smallest absolute Gasteiger partial charge is 0.433 e. The highest BCUT2D eigenvalue weighted by Gasteiger charge is 2.48. The molecule has 3 aromatic rings. The number of ether oxygens (including phenoxy) is 3. The van der Waals surface area contributed by atoms with E-state index in [1.54, 1.807) is 6.92 Å². The van der Waals surface area contributed by atoms with Gasteiger partial charge in [0.15, 0.2) is 5.75 Å². The maximum atomic E-state index is 14.0. The van der Waals surface area contributed by atoms with E-state index in [-0.39, 0.29) is 80.2 Å². The van der Waals surface area contributed by atoms with Crippen molar-refractivity contribution in [2.24, 2.45) is 5.73 Å². The Balaban J connectivity index is 1.82. The third-order valence-corrected chi connectivity index (χ3v) is 8.55. The molecule has 54 heavy (non-hydrogen) atoms. The van der Waals surface area contributed by atoms with Crippen molar-refractivity contribution in [1.29, 1.82) is 0 Å². The summed E-state index contributed by atoms with van der Waals surface area (Å²) in [6, 6.07) is 2.61. The van der Waals surface area contributed by atoms with E-state index < -0.39 is 71.0 Å². The Kier molecular flexibility index (Phi) is 13.0. The predicted octanol–water partition coefficient (Wildman–Crippen LogP) is 7.73. The number of fused-ring (bicyclic) bond motifs is 1. The van der Waals surface area contributed by atoms with Gasteiger partial charge in [0.2, 0.25) is 0 Å². The quantitative estimate of drug-likeness (QED) is 0.123. The van der Waals surface area contributed by atoms with Crippen molar-refractivity contribution < 1.29 is 68.4 Å². The summed E-state index contributed by atoms with van der Waals surface area (Å²) in [6.45, 7) is 1.31. The monoisotopic (exact) mass is 781 g/mol. The first-order valence-electron chi connectivity index (χ1n) is 16.5. The van der Waals surface area contributed by atoms with Crippen LogP contribution in [0.25, 0.3) is 0 Å². The van der Waals surface area contributed by atoms with Crippen molar-refractivity contribution in [2.45, 2.75) is 82.0 Å². The molecule has 3 N–H and O–H groups in total. The van der Waals surface area contributed by atoms with Crippen LogP contribution in [0.1, 0.15) is 91.0 Å². The number of anilines is 1. The van der Waals surface area contributed by atoms with Gasteiger partial charge in [-0.05, 0) is 68.0 Å². The summed E-state index contributed by atoms with van der Waals surface area (Å²) < 4.78 is 140. The number of hydrogen-bond donors (Lipinski definition) is 2. The molecule has 1 amide bonds. The summed E-state index contributed by atoms with van der Waals surface area (Å²) >= 11 is 0. The Labute approximate surface area is 302 Å². The number of amides is 1. The largest absolute Gasteiger partial charge is 0.488 e. The van der Waals surface area contributed by atoms with E-state index in [4.69, 9.17) is 25.1 Å². The molecule has 1 aliphatic rings. The Bertz CT molecular complexity index is 1770. The lowest BCUT2D eigenvalue weighted by Gasteiger charge is -2.46. The molecule has 0 radical (unpaired) electrons. The first-order valence-corrected chi connectivity index (χ1v) is 16.5. The molecule has 0 aliphatic carbocycles. The van der Waals surface area contributed by atoms with Crippen LogP contribution in [-0.2, 0) is 39.2 Å². The highest BCUT2D eigenvalue weighted by atomic mass is 19.4. The molecule has 2 atom stereocenters. The fourth-order valence-corrected chi connectivity index (χ4v) is 5.81. The number of benzene rings is 1. The lowest BCUT2D eigenvalue weighted by molar-refractivity contribution is -0.143. The molecular formula is C34H36F9N5O6. The first-order chi connectivity index (χ1) is 25.2. The van der Waals surface area contributed by atoms with Gasteiger partial charge in [0.25, 0.3) is 0 Å². The summed E-state index contributed by atoms with van der Waals surface area (Å²) in [7, 11) is 1.35. The third kappa shape index (κ3) is 10.3. The van der Waals surface area contributed by atoms with Crippen LogP contribution in [0.3, 0.4) is 0 Å². The van der Waals surface area contributed by atoms with Gasteiger partial charge >= 0.3 is 30.6 Å². The normalized spacial score (nSPS) is 17.6. The van der Waals surface area contributed by atoms with Crippen LogP contribution in [0.2, 0.25) is 0 Å². The van der Waals surface area contributed by atoms with Gasteiger partial charge in [-0.25, -0.2) is 19.7 Å². The Morgan fingerprint density at radius 3 is 2.17 bits per heavy atom. The van der Waals surface area contributed by atoms with Crippen molar-refractivity contribution in [3.8, 4) is 5.75 Å². The molecule has 4 rings (SSSR count). The SMILES string of the molecule is CC[C@]1(N)C[C@H](c2ncc(OCCOC)c(Cc3cc(C(F)(F)F)cc(C(F)(F)F)c3)n2)c2nc(C(F)(F)F)ccc2N1C(=O)OCCCCCC(=O)O. The zero-order valence-corrected chi connectivity index (χ0v) is 28.9. The van der Waals surface area contributed by atoms with Crippen molar-refractivity contribution >= 4 is 17.7 Å². The number of nitrogens with zero attached hydrogens (tertiary/aromatic N) is 4. The number of halogens is 9. The van der Waals surface area contributed by atoms with Gasteiger partial charge in [-0.15, -0.1) is 0 Å². The molecule has 0 bridgehead atoms. The number of rotatable bonds is 14. The van der Waals surface area contributed by atoms with Gasteiger partial charge in [-0.2, -0.15) is 39.5 Å². The van der Waals surface area contributed by atoms with Crippen molar-refractivity contribution in [2.75, 3.05) is 31.8 Å². The van der Waals surface area contributed by atoms with Crippen molar-refractivity contribution in [1.82, 2.24) is 15.0 Å². The lowest BCUT2D eigenvalue weighted by atomic mass is 9.83. The molecule has 0 spiro atoms. The van der Waals surface area contributed by atoms with Crippen molar-refractivity contribution in [3.63, 3.8) is 0 Å². The molecule has 3 heterocycles. The van der Waals surface area contributed by atoms with E-state index in [1.165, 1.54) is 7.11 Å². The van der Waals surface area contributed by atoms with Gasteiger partial charge < -0.3 is 25.1 Å². The second-order valence-corrected chi connectivity index (χ2v) is 12.4. The molecule has 20 heteroatoms. The van der Waals surface area contributed by atoms with Crippen molar-refractivity contribution in [3.05, 3.63) is 76.1 Å². The standard InChI is InChI=1S/C34H36F9N5O6/c1-3-31(44)17-22(28-24(8-9-26(47-28)34(41,42)43)48(31)30(51)54-10-6-4-5-7-27(49)50)29-45-18-25(53-12-11-52-2)23(46-29)15-19-13-20(32(35,36)37)16-21(14-19)33(38,39)40/h8-9,13-14,16,18,22H,3-7,10-12,15,17,44H2,1-2H3,(H,49,50)/t22-,31+/m0/s1. The first kappa shape index (κ1) is 42.0. The van der Waals surface area contributed by atoms with Crippen LogP contribution in [-0.4, -0.2) is 64.7 Å². The van der Waals surface area contributed by atoms with Gasteiger partial charge in [0, 0.05) is 20.0 Å². The highest BCUT2D eigenvalue weighted by molar-refractivity contribution is 5.91. The molecule has 0 saturated carbocycles. The summed E-state index contributed by atoms with van der Waals surface area (Å²) in [5.41, 5.74) is -0.600. The summed E-state index contributed by atoms with van der Waals surface area (Å²) in [4.78, 5) is 37.7. The lowest BCUT2D eigenvalue weighted by Crippen LogP contribution is -2.62. The fraction of sp³-hybridized carbons (Fsp3) is 0.500. The molecule has 1 aliphatic heterocycles. The molecular weight excluding hydrogens is 745 g/mol. The van der Waals surface area contributed by atoms with Gasteiger partial charge in [0.05, 0.1) is 53.5 Å². The van der Waals surface area contributed by atoms with Crippen LogP contribution < -0.4 is 15.4 Å². The van der Waals surface area contributed by atoms with Crippen LogP contribution in [0.15, 0.2) is 36.5 Å². The van der Waals surface area contributed by atoms with Crippen LogP contribution >= 0.6 is 0 Å². The highest BCUT2D eigenvalue weighted by Crippen LogP contribution is 2.46. The number of hydrogen-bond acceptors (Lipinski definition) is 9. The number of aromatic nitrogens is 3. The van der Waals surface area contributed by atoms with E-state index in [0.717, 1.165) is 17.2 Å². The minimum absolute atomic E-state index is 0.00714. The average Bonchev–Trinajstić information content (AvgIpc) is 3.08. The predicted molar refractivity (Wildman–Crippen MR) is 171 cm³/mol. The number of alkyl halides is 9. The number of pyridine rings is 1. The summed E-state index contributed by atoms with van der Waals surface area (Å²) in [6.07, 6.45) is -15.3. The maximum absolute atomic E-state index is 14.0. The van der Waals surface area contributed by atoms with E-state index in [1.807, 2.05) is 0 Å². The van der Waals surface area contributed by atoms with Gasteiger partial charge in [-0.3, -0.25) is 9.69 Å². The van der Waals surface area contributed by atoms with Crippen LogP contribution in [0, 0.1) is 0 Å². The average molecular weight is 782 g/mol. The Morgan fingerprint density at radius 2 is 1.59 bits per heavy atom. The minimum atomic E-state index is -5.14. The second kappa shape index (κ2) is 16.7. The summed E-state index contributed by atoms with van der Waals surface area (Å²) in [5.74, 6) is -2.69. The number of carboxylic acids is 1. The fourth-order valence-electron chi connectivity index (χ4n) is 5.81. The second-order valence-electron chi connectivity index (χ2n) is 12.4. The number of carboxylic acid groups (broad SMARTS) is 1. The maximum Gasteiger partial charge on any atom is 0.433 e. The van der Waals surface area contributed by atoms with Crippen LogP contribution in [0.4, 0.5) is 50.0 Å². The Hall–Kier alpha value is -4.72. The molecule has 1 aromatic carbocycles. The summed E-state index contributed by atoms with van der Waals surface area (Å²) in [5, 5.41) is 8.81. The van der Waals surface area contributed by atoms with E-state index in [9.17, 15) is 49.1 Å². The molecule has 11 nitrogen and oxygen atoms in total. The third-order valence-electron chi connectivity index (χ3n) is 8.55.